The molecule has 1 aromatic carbocycles. The third kappa shape index (κ3) is 6.41. The van der Waals surface area contributed by atoms with Crippen molar-refractivity contribution < 1.29 is 5.11 Å². The van der Waals surface area contributed by atoms with Crippen LogP contribution in [-0.2, 0) is 5.75 Å². The lowest BCUT2D eigenvalue weighted by atomic mass is 10.1. The highest BCUT2D eigenvalue weighted by molar-refractivity contribution is 7.98. The molecule has 2 heteroatoms. The van der Waals surface area contributed by atoms with Gasteiger partial charge in [-0.1, -0.05) is 37.3 Å². The molecule has 0 saturated carbocycles. The van der Waals surface area contributed by atoms with Gasteiger partial charge in [-0.2, -0.15) is 11.8 Å². The van der Waals surface area contributed by atoms with Crippen molar-refractivity contribution in [2.75, 3.05) is 12.4 Å². The van der Waals surface area contributed by atoms with Crippen LogP contribution in [-0.4, -0.2) is 17.5 Å². The first kappa shape index (κ1) is 14.2. The lowest BCUT2D eigenvalue weighted by Crippen LogP contribution is -1.85. The maximum absolute atomic E-state index is 8.66. The Kier molecular flexibility index (Phi) is 7.62. The summed E-state index contributed by atoms with van der Waals surface area (Å²) in [6, 6.07) is 8.36. The highest BCUT2D eigenvalue weighted by Crippen LogP contribution is 2.14. The van der Waals surface area contributed by atoms with Crippen molar-refractivity contribution in [1.29, 1.82) is 0 Å². The van der Waals surface area contributed by atoms with E-state index in [-0.39, 0.29) is 6.61 Å². The van der Waals surface area contributed by atoms with E-state index in [1.54, 1.807) is 0 Å². The van der Waals surface area contributed by atoms with Crippen LogP contribution in [0.15, 0.2) is 24.3 Å². The molecule has 0 aliphatic heterocycles. The van der Waals surface area contributed by atoms with Crippen LogP contribution in [0.4, 0.5) is 0 Å². The average Bonchev–Trinajstić information content (AvgIpc) is 2.36. The molecule has 0 heterocycles. The van der Waals surface area contributed by atoms with E-state index < -0.39 is 0 Å². The molecule has 0 fully saturated rings. The number of unbranched alkanes of at least 4 members (excludes halogenated alkanes) is 1. The lowest BCUT2D eigenvalue weighted by Gasteiger charge is -2.01. The van der Waals surface area contributed by atoms with Crippen LogP contribution in [0.5, 0.6) is 0 Å². The van der Waals surface area contributed by atoms with Gasteiger partial charge in [0, 0.05) is 17.7 Å². The number of aliphatic hydroxyl groups excluding tert-OH is 1. The van der Waals surface area contributed by atoms with E-state index in [0.29, 0.717) is 6.42 Å². The smallest absolute Gasteiger partial charge is 0.0540 e. The van der Waals surface area contributed by atoms with Crippen molar-refractivity contribution in [1.82, 2.24) is 0 Å². The van der Waals surface area contributed by atoms with Gasteiger partial charge in [0.05, 0.1) is 6.61 Å². The van der Waals surface area contributed by atoms with Gasteiger partial charge < -0.3 is 5.11 Å². The summed E-state index contributed by atoms with van der Waals surface area (Å²) in [5.41, 5.74) is 2.38. The highest BCUT2D eigenvalue weighted by atomic mass is 32.2. The summed E-state index contributed by atoms with van der Waals surface area (Å²) >= 11 is 1.98. The van der Waals surface area contributed by atoms with Crippen molar-refractivity contribution in [3.05, 3.63) is 35.4 Å². The average molecular weight is 248 g/mol. The molecule has 0 aliphatic carbocycles. The van der Waals surface area contributed by atoms with Crippen LogP contribution in [0.1, 0.15) is 37.3 Å². The summed E-state index contributed by atoms with van der Waals surface area (Å²) < 4.78 is 0. The summed E-state index contributed by atoms with van der Waals surface area (Å²) in [5, 5.41) is 8.66. The molecule has 1 rings (SSSR count). The fourth-order valence-corrected chi connectivity index (χ4v) is 2.45. The van der Waals surface area contributed by atoms with Gasteiger partial charge in [-0.15, -0.1) is 0 Å². The predicted octanol–water partition coefficient (Wildman–Crippen LogP) is 3.45. The topological polar surface area (TPSA) is 20.2 Å². The molecule has 0 radical (unpaired) electrons. The van der Waals surface area contributed by atoms with Crippen molar-refractivity contribution in [2.24, 2.45) is 0 Å². The number of thioether (sulfide) groups is 1. The molecule has 0 spiro atoms. The van der Waals surface area contributed by atoms with Crippen LogP contribution < -0.4 is 0 Å². The third-order valence-corrected chi connectivity index (χ3v) is 3.42. The van der Waals surface area contributed by atoms with Crippen LogP contribution in [0.25, 0.3) is 0 Å². The van der Waals surface area contributed by atoms with Gasteiger partial charge in [0.25, 0.3) is 0 Å². The van der Waals surface area contributed by atoms with Crippen molar-refractivity contribution in [3.8, 4) is 11.8 Å². The molecule has 17 heavy (non-hydrogen) atoms. The summed E-state index contributed by atoms with van der Waals surface area (Å²) in [7, 11) is 0. The molecular weight excluding hydrogens is 228 g/mol. The molecule has 0 atom stereocenters. The molecule has 1 N–H and O–H groups in total. The first-order valence-corrected chi connectivity index (χ1v) is 7.28. The van der Waals surface area contributed by atoms with E-state index in [0.717, 1.165) is 11.3 Å². The third-order valence-electron chi connectivity index (χ3n) is 2.31. The zero-order valence-corrected chi connectivity index (χ0v) is 11.2. The van der Waals surface area contributed by atoms with Crippen molar-refractivity contribution in [3.63, 3.8) is 0 Å². The normalized spacial score (nSPS) is 9.76. The molecule has 1 aromatic rings. The van der Waals surface area contributed by atoms with Crippen LogP contribution >= 0.6 is 11.8 Å². The highest BCUT2D eigenvalue weighted by Gasteiger charge is 1.94. The van der Waals surface area contributed by atoms with E-state index in [1.165, 1.54) is 24.2 Å². The van der Waals surface area contributed by atoms with Gasteiger partial charge in [-0.3, -0.25) is 0 Å². The quantitative estimate of drug-likeness (QED) is 0.614. The number of hydrogen-bond donors (Lipinski definition) is 1. The van der Waals surface area contributed by atoms with E-state index in [2.05, 4.69) is 37.0 Å². The zero-order valence-electron chi connectivity index (χ0n) is 10.4. The van der Waals surface area contributed by atoms with Crippen molar-refractivity contribution in [2.45, 2.75) is 31.9 Å². The minimum Gasteiger partial charge on any atom is -0.395 e. The maximum atomic E-state index is 8.66. The molecular formula is C15H20OS. The molecule has 0 unspecified atom stereocenters. The number of benzene rings is 1. The Labute approximate surface area is 109 Å². The first-order valence-electron chi connectivity index (χ1n) is 6.13. The summed E-state index contributed by atoms with van der Waals surface area (Å²) in [5.74, 6) is 8.31. The minimum absolute atomic E-state index is 0.138. The second-order valence-corrected chi connectivity index (χ2v) is 4.99. The predicted molar refractivity (Wildman–Crippen MR) is 76.1 cm³/mol. The van der Waals surface area contributed by atoms with E-state index in [1.807, 2.05) is 17.8 Å². The molecule has 0 saturated heterocycles. The minimum atomic E-state index is 0.138. The maximum Gasteiger partial charge on any atom is 0.0540 e. The Hall–Kier alpha value is -0.910. The summed E-state index contributed by atoms with van der Waals surface area (Å²) in [6.45, 7) is 2.36. The fraction of sp³-hybridized carbons (Fsp3) is 0.467. The summed E-state index contributed by atoms with van der Waals surface area (Å²) in [6.07, 6.45) is 3.11. The Balaban J connectivity index is 2.46. The molecule has 0 amide bonds. The Bertz CT molecular complexity index is 376. The Morgan fingerprint density at radius 2 is 2.24 bits per heavy atom. The second-order valence-electron chi connectivity index (χ2n) is 3.88. The Morgan fingerprint density at radius 3 is 3.00 bits per heavy atom. The number of hydrogen-bond acceptors (Lipinski definition) is 2. The van der Waals surface area contributed by atoms with Gasteiger partial charge in [-0.05, 0) is 29.9 Å². The van der Waals surface area contributed by atoms with E-state index >= 15 is 0 Å². The lowest BCUT2D eigenvalue weighted by molar-refractivity contribution is 0.305. The molecule has 92 valence electrons. The van der Waals surface area contributed by atoms with Gasteiger partial charge in [0.15, 0.2) is 0 Å². The summed E-state index contributed by atoms with van der Waals surface area (Å²) in [4.78, 5) is 0. The monoisotopic (exact) mass is 248 g/mol. The van der Waals surface area contributed by atoms with Gasteiger partial charge in [0.1, 0.15) is 0 Å². The number of aliphatic hydroxyl groups is 1. The van der Waals surface area contributed by atoms with E-state index in [4.69, 9.17) is 5.11 Å². The van der Waals surface area contributed by atoms with Crippen LogP contribution in [0, 0.1) is 11.8 Å². The van der Waals surface area contributed by atoms with Crippen LogP contribution in [0.2, 0.25) is 0 Å². The Morgan fingerprint density at radius 1 is 1.35 bits per heavy atom. The number of rotatable bonds is 6. The SMILES string of the molecule is CCCCSCc1cccc(C#CCCO)c1. The second kappa shape index (κ2) is 9.15. The molecule has 1 nitrogen and oxygen atoms in total. The molecule has 0 aromatic heterocycles. The molecule has 0 bridgehead atoms. The van der Waals surface area contributed by atoms with Crippen molar-refractivity contribution >= 4 is 11.8 Å². The fourth-order valence-electron chi connectivity index (χ4n) is 1.40. The van der Waals surface area contributed by atoms with Gasteiger partial charge >= 0.3 is 0 Å². The van der Waals surface area contributed by atoms with E-state index in [9.17, 15) is 0 Å². The van der Waals surface area contributed by atoms with Gasteiger partial charge in [0.2, 0.25) is 0 Å². The van der Waals surface area contributed by atoms with Gasteiger partial charge in [-0.25, -0.2) is 0 Å². The van der Waals surface area contributed by atoms with Crippen LogP contribution in [0.3, 0.4) is 0 Å². The molecule has 0 aliphatic rings. The zero-order chi connectivity index (χ0) is 12.3. The standard InChI is InChI=1S/C15H20OS/c1-2-3-11-17-13-15-9-6-8-14(12-15)7-4-5-10-16/h6,8-9,12,16H,2-3,5,10-11,13H2,1H3. The first-order chi connectivity index (χ1) is 8.36. The largest absolute Gasteiger partial charge is 0.395 e.